The van der Waals surface area contributed by atoms with Gasteiger partial charge in [0, 0.05) is 31.5 Å². The summed E-state index contributed by atoms with van der Waals surface area (Å²) in [5.74, 6) is -0.0699. The Bertz CT molecular complexity index is 382. The molecule has 1 aromatic heterocycles. The Morgan fingerprint density at radius 1 is 1.59 bits per heavy atom. The maximum atomic E-state index is 12.1. The average molecular weight is 236 g/mol. The van der Waals surface area contributed by atoms with Crippen molar-refractivity contribution in [3.8, 4) is 0 Å². The number of nitrogens with zero attached hydrogens (tertiary/aromatic N) is 3. The van der Waals surface area contributed by atoms with E-state index in [2.05, 4.69) is 9.97 Å². The van der Waals surface area contributed by atoms with E-state index in [-0.39, 0.29) is 18.1 Å². The highest BCUT2D eigenvalue weighted by atomic mass is 16.5. The minimum atomic E-state index is -0.0997. The van der Waals surface area contributed by atoms with Crippen LogP contribution < -0.4 is 5.73 Å². The Morgan fingerprint density at radius 3 is 2.94 bits per heavy atom. The van der Waals surface area contributed by atoms with Gasteiger partial charge in [0.2, 0.25) is 0 Å². The number of nitrogens with two attached hydrogens (primary N) is 1. The summed E-state index contributed by atoms with van der Waals surface area (Å²) in [6.07, 6.45) is 4.34. The second kappa shape index (κ2) is 5.20. The molecule has 6 nitrogen and oxygen atoms in total. The van der Waals surface area contributed by atoms with Gasteiger partial charge in [-0.05, 0) is 6.92 Å². The highest BCUT2D eigenvalue weighted by Gasteiger charge is 2.27. The average Bonchev–Trinajstić information content (AvgIpc) is 2.39. The van der Waals surface area contributed by atoms with Crippen LogP contribution in [0.1, 0.15) is 17.3 Å². The molecule has 1 saturated heterocycles. The minimum absolute atomic E-state index is 0.0699. The first-order valence-corrected chi connectivity index (χ1v) is 5.60. The molecule has 2 atom stereocenters. The summed E-state index contributed by atoms with van der Waals surface area (Å²) in [4.78, 5) is 21.5. The van der Waals surface area contributed by atoms with Crippen molar-refractivity contribution in [3.05, 3.63) is 24.3 Å². The maximum Gasteiger partial charge on any atom is 0.257 e. The first-order chi connectivity index (χ1) is 8.18. The number of aromatic nitrogens is 2. The lowest BCUT2D eigenvalue weighted by Gasteiger charge is -2.34. The molecule has 0 saturated carbocycles. The van der Waals surface area contributed by atoms with Crippen molar-refractivity contribution in [2.45, 2.75) is 19.1 Å². The molecule has 1 aliphatic heterocycles. The third-order valence-electron chi connectivity index (χ3n) is 2.77. The largest absolute Gasteiger partial charge is 0.373 e. The third-order valence-corrected chi connectivity index (χ3v) is 2.77. The quantitative estimate of drug-likeness (QED) is 0.760. The van der Waals surface area contributed by atoms with E-state index in [4.69, 9.17) is 10.5 Å². The number of rotatable bonds is 2. The van der Waals surface area contributed by atoms with Crippen LogP contribution in [-0.2, 0) is 4.74 Å². The summed E-state index contributed by atoms with van der Waals surface area (Å²) in [6.45, 7) is 3.50. The fourth-order valence-electron chi connectivity index (χ4n) is 1.77. The molecule has 0 radical (unpaired) electrons. The molecule has 2 heterocycles. The molecule has 2 rings (SSSR count). The summed E-state index contributed by atoms with van der Waals surface area (Å²) in [7, 11) is 0. The number of hydrogen-bond acceptors (Lipinski definition) is 5. The molecule has 17 heavy (non-hydrogen) atoms. The Hall–Kier alpha value is -1.53. The molecule has 6 heteroatoms. The van der Waals surface area contributed by atoms with Gasteiger partial charge in [0.15, 0.2) is 0 Å². The molecule has 92 valence electrons. The normalized spacial score (nSPS) is 22.2. The molecule has 0 bridgehead atoms. The summed E-state index contributed by atoms with van der Waals surface area (Å²) in [6, 6.07) is -0.0855. The number of ether oxygens (including phenoxy) is 1. The molecular weight excluding hydrogens is 220 g/mol. The monoisotopic (exact) mass is 236 g/mol. The fourth-order valence-corrected chi connectivity index (χ4v) is 1.77. The van der Waals surface area contributed by atoms with Crippen molar-refractivity contribution in [2.75, 3.05) is 19.7 Å². The Kier molecular flexibility index (Phi) is 3.65. The first-order valence-electron chi connectivity index (χ1n) is 5.60. The van der Waals surface area contributed by atoms with Crippen LogP contribution in [0.3, 0.4) is 0 Å². The van der Waals surface area contributed by atoms with Crippen molar-refractivity contribution < 1.29 is 9.53 Å². The maximum absolute atomic E-state index is 12.1. The molecule has 1 aromatic rings. The topological polar surface area (TPSA) is 81.3 Å². The standard InChI is InChI=1S/C11H16N4O2/c1-8(12)10-6-15(2-3-17-10)11(16)9-4-13-7-14-5-9/h4-5,7-8,10H,2-3,6,12H2,1H3. The van der Waals surface area contributed by atoms with Gasteiger partial charge in [-0.1, -0.05) is 0 Å². The lowest BCUT2D eigenvalue weighted by molar-refractivity contribution is -0.0300. The second-order valence-electron chi connectivity index (χ2n) is 4.15. The van der Waals surface area contributed by atoms with E-state index in [0.29, 0.717) is 25.3 Å². The predicted octanol–water partition coefficient (Wildman–Crippen LogP) is -0.335. The van der Waals surface area contributed by atoms with Gasteiger partial charge >= 0.3 is 0 Å². The van der Waals surface area contributed by atoms with Gasteiger partial charge in [0.1, 0.15) is 6.33 Å². The van der Waals surface area contributed by atoms with Crippen LogP contribution in [0, 0.1) is 0 Å². The predicted molar refractivity (Wildman–Crippen MR) is 61.3 cm³/mol. The van der Waals surface area contributed by atoms with Crippen LogP contribution >= 0.6 is 0 Å². The van der Waals surface area contributed by atoms with E-state index in [1.54, 1.807) is 4.90 Å². The van der Waals surface area contributed by atoms with Crippen LogP contribution in [0.4, 0.5) is 0 Å². The van der Waals surface area contributed by atoms with Crippen molar-refractivity contribution in [2.24, 2.45) is 5.73 Å². The van der Waals surface area contributed by atoms with Gasteiger partial charge in [0.05, 0.1) is 18.3 Å². The molecule has 1 fully saturated rings. The first kappa shape index (κ1) is 11.9. The summed E-state index contributed by atoms with van der Waals surface area (Å²) in [5.41, 5.74) is 6.28. The lowest BCUT2D eigenvalue weighted by atomic mass is 10.1. The van der Waals surface area contributed by atoms with Gasteiger partial charge in [-0.2, -0.15) is 0 Å². The molecule has 2 N–H and O–H groups in total. The van der Waals surface area contributed by atoms with Gasteiger partial charge in [-0.15, -0.1) is 0 Å². The van der Waals surface area contributed by atoms with E-state index in [1.807, 2.05) is 6.92 Å². The third kappa shape index (κ3) is 2.78. The molecule has 0 aromatic carbocycles. The van der Waals surface area contributed by atoms with Crippen molar-refractivity contribution >= 4 is 5.91 Å². The summed E-state index contributed by atoms with van der Waals surface area (Å²) >= 11 is 0. The number of carbonyl (C=O) groups is 1. The fraction of sp³-hybridized carbons (Fsp3) is 0.545. The molecule has 2 unspecified atom stereocenters. The number of amides is 1. The molecule has 1 aliphatic rings. The van der Waals surface area contributed by atoms with Crippen molar-refractivity contribution in [1.82, 2.24) is 14.9 Å². The van der Waals surface area contributed by atoms with E-state index in [0.717, 1.165) is 0 Å². The van der Waals surface area contributed by atoms with Crippen LogP contribution in [0.15, 0.2) is 18.7 Å². The highest BCUT2D eigenvalue weighted by molar-refractivity contribution is 5.93. The number of carbonyl (C=O) groups excluding carboxylic acids is 1. The second-order valence-corrected chi connectivity index (χ2v) is 4.15. The minimum Gasteiger partial charge on any atom is -0.373 e. The van der Waals surface area contributed by atoms with Crippen molar-refractivity contribution in [3.63, 3.8) is 0 Å². The summed E-state index contributed by atoms with van der Waals surface area (Å²) < 4.78 is 5.51. The van der Waals surface area contributed by atoms with Gasteiger partial charge in [-0.25, -0.2) is 9.97 Å². The van der Waals surface area contributed by atoms with Crippen LogP contribution in [-0.4, -0.2) is 52.6 Å². The van der Waals surface area contributed by atoms with E-state index in [1.165, 1.54) is 18.7 Å². The van der Waals surface area contributed by atoms with E-state index >= 15 is 0 Å². The Balaban J connectivity index is 2.05. The van der Waals surface area contributed by atoms with Gasteiger partial charge < -0.3 is 15.4 Å². The highest BCUT2D eigenvalue weighted by Crippen LogP contribution is 2.11. The lowest BCUT2D eigenvalue weighted by Crippen LogP contribution is -2.51. The van der Waals surface area contributed by atoms with Gasteiger partial charge in [0.25, 0.3) is 5.91 Å². The van der Waals surface area contributed by atoms with Crippen LogP contribution in [0.5, 0.6) is 0 Å². The zero-order valence-electron chi connectivity index (χ0n) is 9.74. The molecule has 0 spiro atoms. The smallest absolute Gasteiger partial charge is 0.257 e. The van der Waals surface area contributed by atoms with Crippen LogP contribution in [0.25, 0.3) is 0 Å². The molecule has 1 amide bonds. The zero-order chi connectivity index (χ0) is 12.3. The zero-order valence-corrected chi connectivity index (χ0v) is 9.74. The molecular formula is C11H16N4O2. The Labute approximate surface area is 99.8 Å². The SMILES string of the molecule is CC(N)C1CN(C(=O)c2cncnc2)CCO1. The molecule has 0 aliphatic carbocycles. The van der Waals surface area contributed by atoms with E-state index < -0.39 is 0 Å². The van der Waals surface area contributed by atoms with Gasteiger partial charge in [-0.3, -0.25) is 4.79 Å². The summed E-state index contributed by atoms with van der Waals surface area (Å²) in [5, 5.41) is 0. The van der Waals surface area contributed by atoms with E-state index in [9.17, 15) is 4.79 Å². The van der Waals surface area contributed by atoms with Crippen LogP contribution in [0.2, 0.25) is 0 Å². The Morgan fingerprint density at radius 2 is 2.29 bits per heavy atom. The number of morpholine rings is 1. The number of hydrogen-bond donors (Lipinski definition) is 1. The van der Waals surface area contributed by atoms with Crippen molar-refractivity contribution in [1.29, 1.82) is 0 Å².